The van der Waals surface area contributed by atoms with Gasteiger partial charge in [0.25, 0.3) is 5.91 Å². The molecule has 5 rings (SSSR count). The van der Waals surface area contributed by atoms with Gasteiger partial charge in [0.05, 0.1) is 21.6 Å². The van der Waals surface area contributed by atoms with Gasteiger partial charge < -0.3 is 10.3 Å². The van der Waals surface area contributed by atoms with E-state index in [0.29, 0.717) is 43.0 Å². The molecule has 0 atom stereocenters. The van der Waals surface area contributed by atoms with Gasteiger partial charge in [0, 0.05) is 21.3 Å². The number of fused-ring (bicyclic) bond motifs is 1. The number of nitrogens with one attached hydrogen (secondary N) is 2. The van der Waals surface area contributed by atoms with E-state index in [4.69, 9.17) is 11.6 Å². The molecule has 0 bridgehead atoms. The third-order valence-electron chi connectivity index (χ3n) is 5.85. The quantitative estimate of drug-likeness (QED) is 0.222. The number of ketones is 1. The summed E-state index contributed by atoms with van der Waals surface area (Å²) < 4.78 is 2.53. The molecule has 3 heterocycles. The largest absolute Gasteiger partial charge is 0.350 e. The van der Waals surface area contributed by atoms with Gasteiger partial charge >= 0.3 is 0 Å². The van der Waals surface area contributed by atoms with E-state index in [0.717, 1.165) is 22.2 Å². The SMILES string of the molecule is CCc1cc(C(=O)c2ccccc2Cl)c(-n2c(C)nnc2CNC(=O)c2[nH]c3ccccc3c2Br)s1. The Labute approximate surface area is 224 Å². The average molecular weight is 583 g/mol. The number of hydrogen-bond donors (Lipinski definition) is 2. The van der Waals surface area contributed by atoms with Crippen LogP contribution in [0.2, 0.25) is 5.02 Å². The van der Waals surface area contributed by atoms with Crippen LogP contribution in [0.25, 0.3) is 15.9 Å². The molecule has 0 aliphatic rings. The molecular weight excluding hydrogens is 562 g/mol. The van der Waals surface area contributed by atoms with Crippen molar-refractivity contribution in [3.8, 4) is 5.00 Å². The highest BCUT2D eigenvalue weighted by Gasteiger charge is 2.24. The molecule has 0 unspecified atom stereocenters. The van der Waals surface area contributed by atoms with Crippen molar-refractivity contribution in [3.63, 3.8) is 0 Å². The maximum Gasteiger partial charge on any atom is 0.269 e. The Morgan fingerprint density at radius 2 is 1.86 bits per heavy atom. The van der Waals surface area contributed by atoms with E-state index in [1.807, 2.05) is 48.7 Å². The summed E-state index contributed by atoms with van der Waals surface area (Å²) in [7, 11) is 0. The number of benzene rings is 2. The molecule has 0 aliphatic heterocycles. The minimum Gasteiger partial charge on any atom is -0.350 e. The zero-order valence-corrected chi connectivity index (χ0v) is 22.6. The molecule has 36 heavy (non-hydrogen) atoms. The number of halogens is 2. The van der Waals surface area contributed by atoms with E-state index in [9.17, 15) is 9.59 Å². The zero-order chi connectivity index (χ0) is 25.4. The predicted molar refractivity (Wildman–Crippen MR) is 145 cm³/mol. The molecule has 0 saturated heterocycles. The van der Waals surface area contributed by atoms with E-state index in [1.165, 1.54) is 11.3 Å². The van der Waals surface area contributed by atoms with E-state index in [-0.39, 0.29) is 18.2 Å². The molecule has 3 aromatic heterocycles. The summed E-state index contributed by atoms with van der Waals surface area (Å²) in [5.41, 5.74) is 2.25. The average Bonchev–Trinajstić information content (AvgIpc) is 3.57. The molecule has 5 aromatic rings. The summed E-state index contributed by atoms with van der Waals surface area (Å²) in [5.74, 6) is 0.685. The van der Waals surface area contributed by atoms with Crippen LogP contribution in [0, 0.1) is 6.92 Å². The highest BCUT2D eigenvalue weighted by molar-refractivity contribution is 9.10. The lowest BCUT2D eigenvalue weighted by atomic mass is 10.0. The van der Waals surface area contributed by atoms with Crippen LogP contribution in [-0.4, -0.2) is 31.4 Å². The molecule has 0 radical (unpaired) electrons. The molecule has 0 saturated carbocycles. The van der Waals surface area contributed by atoms with Crippen molar-refractivity contribution >= 4 is 61.5 Å². The molecule has 182 valence electrons. The van der Waals surface area contributed by atoms with Gasteiger partial charge in [-0.3, -0.25) is 14.2 Å². The highest BCUT2D eigenvalue weighted by atomic mass is 79.9. The van der Waals surface area contributed by atoms with Crippen LogP contribution >= 0.6 is 38.9 Å². The molecule has 1 amide bonds. The van der Waals surface area contributed by atoms with Crippen molar-refractivity contribution in [1.82, 2.24) is 25.1 Å². The fourth-order valence-electron chi connectivity index (χ4n) is 4.02. The van der Waals surface area contributed by atoms with Crippen molar-refractivity contribution in [3.05, 3.63) is 97.4 Å². The Morgan fingerprint density at radius 3 is 2.61 bits per heavy atom. The molecule has 7 nitrogen and oxygen atoms in total. The summed E-state index contributed by atoms with van der Waals surface area (Å²) in [6, 6.07) is 16.6. The zero-order valence-electron chi connectivity index (χ0n) is 19.4. The summed E-state index contributed by atoms with van der Waals surface area (Å²) in [5, 5.41) is 13.5. The van der Waals surface area contributed by atoms with Crippen molar-refractivity contribution < 1.29 is 9.59 Å². The first-order valence-electron chi connectivity index (χ1n) is 11.3. The van der Waals surface area contributed by atoms with E-state index in [1.54, 1.807) is 24.3 Å². The number of carbonyl (C=O) groups is 2. The second-order valence-electron chi connectivity index (χ2n) is 8.14. The Bertz CT molecular complexity index is 1620. The van der Waals surface area contributed by atoms with Gasteiger partial charge in [0.2, 0.25) is 0 Å². The number of hydrogen-bond acceptors (Lipinski definition) is 5. The summed E-state index contributed by atoms with van der Waals surface area (Å²) in [6.07, 6.45) is 0.773. The molecule has 0 spiro atoms. The first-order chi connectivity index (χ1) is 17.4. The third-order valence-corrected chi connectivity index (χ3v) is 8.26. The van der Waals surface area contributed by atoms with Crippen LogP contribution in [0.4, 0.5) is 0 Å². The normalized spacial score (nSPS) is 11.2. The first kappa shape index (κ1) is 24.4. The van der Waals surface area contributed by atoms with Gasteiger partial charge in [-0.2, -0.15) is 0 Å². The minimum absolute atomic E-state index is 0.126. The molecular formula is C26H21BrClN5O2S. The molecule has 10 heteroatoms. The number of amides is 1. The predicted octanol–water partition coefficient (Wildman–Crippen LogP) is 6.26. The summed E-state index contributed by atoms with van der Waals surface area (Å²) in [4.78, 5) is 30.7. The fraction of sp³-hybridized carbons (Fsp3) is 0.154. The van der Waals surface area contributed by atoms with Gasteiger partial charge in [-0.25, -0.2) is 0 Å². The summed E-state index contributed by atoms with van der Waals surface area (Å²) >= 11 is 11.4. The Hall–Kier alpha value is -3.27. The number of nitrogens with zero attached hydrogens (tertiary/aromatic N) is 3. The summed E-state index contributed by atoms with van der Waals surface area (Å²) in [6.45, 7) is 3.99. The van der Waals surface area contributed by atoms with Gasteiger partial charge in [-0.15, -0.1) is 21.5 Å². The van der Waals surface area contributed by atoms with Gasteiger partial charge in [0.15, 0.2) is 11.6 Å². The fourth-order valence-corrected chi connectivity index (χ4v) is 6.03. The van der Waals surface area contributed by atoms with E-state index < -0.39 is 0 Å². The molecule has 2 aromatic carbocycles. The first-order valence-corrected chi connectivity index (χ1v) is 13.2. The van der Waals surface area contributed by atoms with Crippen molar-refractivity contribution in [2.45, 2.75) is 26.8 Å². The Balaban J connectivity index is 1.47. The van der Waals surface area contributed by atoms with Gasteiger partial charge in [-0.1, -0.05) is 48.9 Å². The Morgan fingerprint density at radius 1 is 1.11 bits per heavy atom. The molecule has 2 N–H and O–H groups in total. The minimum atomic E-state index is -0.280. The maximum absolute atomic E-state index is 13.5. The monoisotopic (exact) mass is 581 g/mol. The van der Waals surface area contributed by atoms with E-state index >= 15 is 0 Å². The van der Waals surface area contributed by atoms with Gasteiger partial charge in [-0.05, 0) is 53.5 Å². The standard InChI is InChI=1S/C26H21BrClN5O2S/c1-3-15-12-18(24(34)16-8-4-6-10-19(16)28)26(36-15)33-14(2)31-32-21(33)13-29-25(35)23-22(27)17-9-5-7-11-20(17)30-23/h4-12,30H,3,13H2,1-2H3,(H,29,35). The maximum atomic E-state index is 13.5. The Kier molecular flexibility index (Phi) is 6.79. The lowest BCUT2D eigenvalue weighted by molar-refractivity contribution is 0.0944. The van der Waals surface area contributed by atoms with Crippen LogP contribution in [-0.2, 0) is 13.0 Å². The number of H-pyrrole nitrogens is 1. The number of rotatable bonds is 7. The number of para-hydroxylation sites is 1. The lowest BCUT2D eigenvalue weighted by Gasteiger charge is -2.10. The second-order valence-corrected chi connectivity index (χ2v) is 10.5. The second kappa shape index (κ2) is 10.0. The molecule has 0 fully saturated rings. The van der Waals surface area contributed by atoms with Crippen molar-refractivity contribution in [2.75, 3.05) is 0 Å². The van der Waals surface area contributed by atoms with Crippen LogP contribution in [0.1, 0.15) is 49.9 Å². The van der Waals surface area contributed by atoms with Crippen LogP contribution in [0.3, 0.4) is 0 Å². The van der Waals surface area contributed by atoms with Crippen LogP contribution < -0.4 is 5.32 Å². The van der Waals surface area contributed by atoms with Gasteiger partial charge in [0.1, 0.15) is 16.5 Å². The number of aryl methyl sites for hydroxylation is 2. The van der Waals surface area contributed by atoms with Crippen molar-refractivity contribution in [2.24, 2.45) is 0 Å². The third kappa shape index (κ3) is 4.38. The van der Waals surface area contributed by atoms with E-state index in [2.05, 4.69) is 36.4 Å². The van der Waals surface area contributed by atoms with Crippen LogP contribution in [0.15, 0.2) is 59.1 Å². The highest BCUT2D eigenvalue weighted by Crippen LogP contribution is 2.32. The topological polar surface area (TPSA) is 92.7 Å². The molecule has 0 aliphatic carbocycles. The number of aromatic amines is 1. The number of thiophene rings is 1. The number of carbonyl (C=O) groups excluding carboxylic acids is 2. The smallest absolute Gasteiger partial charge is 0.269 e. The lowest BCUT2D eigenvalue weighted by Crippen LogP contribution is -2.25. The van der Waals surface area contributed by atoms with Crippen molar-refractivity contribution in [1.29, 1.82) is 0 Å². The van der Waals surface area contributed by atoms with Crippen LogP contribution in [0.5, 0.6) is 0 Å². The number of aromatic nitrogens is 4.